The van der Waals surface area contributed by atoms with Crippen LogP contribution < -0.4 is 0 Å². The van der Waals surface area contributed by atoms with Gasteiger partial charge in [-0.05, 0) is 64.9 Å². The highest BCUT2D eigenvalue weighted by Gasteiger charge is 2.23. The molecule has 0 spiro atoms. The van der Waals surface area contributed by atoms with Crippen LogP contribution in [-0.4, -0.2) is 19.5 Å². The molecule has 0 N–H and O–H groups in total. The van der Waals surface area contributed by atoms with E-state index in [-0.39, 0.29) is 0 Å². The van der Waals surface area contributed by atoms with Crippen molar-refractivity contribution >= 4 is 33.0 Å². The molecule has 6 aromatic carbocycles. The predicted molar refractivity (Wildman–Crippen MR) is 207 cm³/mol. The van der Waals surface area contributed by atoms with Crippen molar-refractivity contribution in [2.75, 3.05) is 0 Å². The van der Waals surface area contributed by atoms with E-state index in [0.29, 0.717) is 23.4 Å². The summed E-state index contributed by atoms with van der Waals surface area (Å²) in [6, 6.07) is 55.1. The molecule has 4 heteroatoms. The van der Waals surface area contributed by atoms with Crippen molar-refractivity contribution in [3.8, 4) is 39.9 Å². The quantitative estimate of drug-likeness (QED) is 0.181. The van der Waals surface area contributed by atoms with E-state index < -0.39 is 0 Å². The van der Waals surface area contributed by atoms with E-state index in [1.807, 2.05) is 36.4 Å². The molecule has 238 valence electrons. The van der Waals surface area contributed by atoms with E-state index >= 15 is 0 Å². The van der Waals surface area contributed by atoms with Gasteiger partial charge in [0.25, 0.3) is 0 Å². The summed E-state index contributed by atoms with van der Waals surface area (Å²) in [5.41, 5.74) is 11.2. The average molecular weight is 643 g/mol. The molecule has 9 rings (SSSR count). The van der Waals surface area contributed by atoms with Gasteiger partial charge in [-0.2, -0.15) is 0 Å². The zero-order valence-corrected chi connectivity index (χ0v) is 27.7. The Morgan fingerprint density at radius 2 is 1.04 bits per heavy atom. The molecule has 1 aliphatic carbocycles. The molecule has 4 nitrogen and oxygen atoms in total. The smallest absolute Gasteiger partial charge is 0.164 e. The summed E-state index contributed by atoms with van der Waals surface area (Å²) in [4.78, 5) is 15.1. The summed E-state index contributed by atoms with van der Waals surface area (Å²) >= 11 is 0. The van der Waals surface area contributed by atoms with Crippen molar-refractivity contribution in [2.45, 2.75) is 13.3 Å². The first-order chi connectivity index (χ1) is 24.7. The van der Waals surface area contributed by atoms with E-state index in [1.165, 1.54) is 38.5 Å². The van der Waals surface area contributed by atoms with Crippen LogP contribution in [0.2, 0.25) is 0 Å². The number of fused-ring (bicyclic) bond motifs is 3. The Hall–Kier alpha value is -6.39. The summed E-state index contributed by atoms with van der Waals surface area (Å²) in [7, 11) is 0. The maximum absolute atomic E-state index is 5.10. The molecule has 8 aromatic rings. The van der Waals surface area contributed by atoms with Gasteiger partial charge in [-0.15, -0.1) is 0 Å². The van der Waals surface area contributed by atoms with Crippen LogP contribution in [0.4, 0.5) is 0 Å². The Balaban J connectivity index is 1.20. The highest BCUT2D eigenvalue weighted by Crippen LogP contribution is 2.42. The van der Waals surface area contributed by atoms with Crippen molar-refractivity contribution < 1.29 is 0 Å². The second-order valence-electron chi connectivity index (χ2n) is 12.9. The van der Waals surface area contributed by atoms with Gasteiger partial charge in [0.15, 0.2) is 17.5 Å². The maximum Gasteiger partial charge on any atom is 0.164 e. The summed E-state index contributed by atoms with van der Waals surface area (Å²) in [6.45, 7) is 2.29. The van der Waals surface area contributed by atoms with Crippen LogP contribution in [0.5, 0.6) is 0 Å². The molecule has 1 atom stereocenters. The maximum atomic E-state index is 5.10. The van der Waals surface area contributed by atoms with E-state index in [2.05, 4.69) is 145 Å². The molecular formula is C46H34N4. The fraction of sp³-hybridized carbons (Fsp3) is 0.0652. The highest BCUT2D eigenvalue weighted by molar-refractivity contribution is 6.13. The number of hydrogen-bond donors (Lipinski definition) is 0. The summed E-state index contributed by atoms with van der Waals surface area (Å²) in [5.74, 6) is 2.39. The minimum Gasteiger partial charge on any atom is -0.309 e. The molecule has 2 aromatic heterocycles. The van der Waals surface area contributed by atoms with E-state index in [0.717, 1.165) is 34.4 Å². The average Bonchev–Trinajstić information content (AvgIpc) is 3.52. The van der Waals surface area contributed by atoms with Gasteiger partial charge >= 0.3 is 0 Å². The zero-order chi connectivity index (χ0) is 33.4. The molecule has 0 saturated heterocycles. The van der Waals surface area contributed by atoms with Gasteiger partial charge in [-0.1, -0.05) is 146 Å². The third kappa shape index (κ3) is 5.32. The SMILES string of the molecule is CC1C=C(c2ccc3c(c2)c2ccccc2n3-c2ccccc2)C(c2ccccc2-c2nc(-c3ccccc3)nc(-c3ccccc3)n2)=CC1. The van der Waals surface area contributed by atoms with Crippen LogP contribution in [0.1, 0.15) is 24.5 Å². The molecule has 0 bridgehead atoms. The molecule has 50 heavy (non-hydrogen) atoms. The fourth-order valence-corrected chi connectivity index (χ4v) is 7.20. The first-order valence-electron chi connectivity index (χ1n) is 17.2. The molecule has 0 fully saturated rings. The van der Waals surface area contributed by atoms with Crippen molar-refractivity contribution in [2.24, 2.45) is 5.92 Å². The van der Waals surface area contributed by atoms with Crippen LogP contribution in [0.15, 0.2) is 170 Å². The van der Waals surface area contributed by atoms with Gasteiger partial charge < -0.3 is 4.57 Å². The number of para-hydroxylation sites is 2. The first-order valence-corrected chi connectivity index (χ1v) is 17.2. The van der Waals surface area contributed by atoms with E-state index in [9.17, 15) is 0 Å². The lowest BCUT2D eigenvalue weighted by atomic mass is 9.82. The van der Waals surface area contributed by atoms with Gasteiger partial charge in [0.1, 0.15) is 0 Å². The molecule has 1 aliphatic rings. The van der Waals surface area contributed by atoms with Gasteiger partial charge in [0, 0.05) is 33.2 Å². The highest BCUT2D eigenvalue weighted by atomic mass is 15.0. The van der Waals surface area contributed by atoms with Crippen molar-refractivity contribution in [3.63, 3.8) is 0 Å². The van der Waals surface area contributed by atoms with Gasteiger partial charge in [-0.3, -0.25) is 0 Å². The monoisotopic (exact) mass is 642 g/mol. The minimum atomic E-state index is 0.411. The fourth-order valence-electron chi connectivity index (χ4n) is 7.20. The van der Waals surface area contributed by atoms with Crippen molar-refractivity contribution in [3.05, 3.63) is 181 Å². The zero-order valence-electron chi connectivity index (χ0n) is 27.7. The van der Waals surface area contributed by atoms with Crippen LogP contribution in [-0.2, 0) is 0 Å². The Bertz CT molecular complexity index is 2510. The standard InChI is InChI=1S/C46H34N4/c1-31-25-27-37(40(29-31)34-26-28-43-41(30-34)38-22-13-14-24-42(38)50(43)35-19-9-4-10-20-35)36-21-11-12-23-39(36)46-48-44(32-15-5-2-6-16-32)47-45(49-46)33-17-7-3-8-18-33/h2-24,26-31H,25H2,1H3. The van der Waals surface area contributed by atoms with Crippen molar-refractivity contribution in [1.29, 1.82) is 0 Å². The lowest BCUT2D eigenvalue weighted by Crippen LogP contribution is -2.05. The molecular weight excluding hydrogens is 609 g/mol. The molecule has 0 aliphatic heterocycles. The summed E-state index contributed by atoms with van der Waals surface area (Å²) < 4.78 is 2.37. The molecule has 0 amide bonds. The number of nitrogens with zero attached hydrogens (tertiary/aromatic N) is 4. The van der Waals surface area contributed by atoms with Crippen LogP contribution in [0, 0.1) is 5.92 Å². The number of aromatic nitrogens is 4. The minimum absolute atomic E-state index is 0.411. The van der Waals surface area contributed by atoms with Gasteiger partial charge in [0.05, 0.1) is 11.0 Å². The Morgan fingerprint density at radius 1 is 0.480 bits per heavy atom. The number of hydrogen-bond acceptors (Lipinski definition) is 3. The molecule has 0 radical (unpaired) electrons. The van der Waals surface area contributed by atoms with Gasteiger partial charge in [0.2, 0.25) is 0 Å². The molecule has 0 saturated carbocycles. The Kier molecular flexibility index (Phi) is 7.47. The second-order valence-corrected chi connectivity index (χ2v) is 12.9. The largest absolute Gasteiger partial charge is 0.309 e. The predicted octanol–water partition coefficient (Wildman–Crippen LogP) is 11.5. The third-order valence-electron chi connectivity index (χ3n) is 9.59. The third-order valence-corrected chi connectivity index (χ3v) is 9.59. The first kappa shape index (κ1) is 29.7. The van der Waals surface area contributed by atoms with Gasteiger partial charge in [-0.25, -0.2) is 15.0 Å². The Labute approximate surface area is 291 Å². The number of benzene rings is 6. The van der Waals surface area contributed by atoms with Crippen LogP contribution in [0.25, 0.3) is 72.8 Å². The Morgan fingerprint density at radius 3 is 1.74 bits per heavy atom. The normalized spacial score (nSPS) is 14.5. The molecule has 2 heterocycles. The lowest BCUT2D eigenvalue weighted by Gasteiger charge is -2.23. The van der Waals surface area contributed by atoms with Crippen molar-refractivity contribution in [1.82, 2.24) is 19.5 Å². The number of rotatable bonds is 6. The summed E-state index contributed by atoms with van der Waals surface area (Å²) in [6.07, 6.45) is 5.79. The number of allylic oxidation sites excluding steroid dienone is 4. The van der Waals surface area contributed by atoms with Crippen LogP contribution >= 0.6 is 0 Å². The lowest BCUT2D eigenvalue weighted by molar-refractivity contribution is 0.742. The second kappa shape index (κ2) is 12.6. The molecule has 1 unspecified atom stereocenters. The van der Waals surface area contributed by atoms with E-state index in [1.54, 1.807) is 0 Å². The van der Waals surface area contributed by atoms with Crippen LogP contribution in [0.3, 0.4) is 0 Å². The summed E-state index contributed by atoms with van der Waals surface area (Å²) in [5, 5.41) is 2.49. The topological polar surface area (TPSA) is 43.6 Å². The van der Waals surface area contributed by atoms with E-state index in [4.69, 9.17) is 15.0 Å².